The zero-order valence-corrected chi connectivity index (χ0v) is 13.1. The summed E-state index contributed by atoms with van der Waals surface area (Å²) in [6, 6.07) is 5.06. The highest BCUT2D eigenvalue weighted by Crippen LogP contribution is 2.32. The summed E-state index contributed by atoms with van der Waals surface area (Å²) >= 11 is 0. The molecule has 1 aromatic heterocycles. The number of anilines is 1. The normalized spacial score (nSPS) is 23.7. The van der Waals surface area contributed by atoms with Crippen molar-refractivity contribution in [2.75, 3.05) is 44.3 Å². The molecule has 21 heavy (non-hydrogen) atoms. The van der Waals surface area contributed by atoms with Crippen molar-refractivity contribution in [3.05, 3.63) is 23.9 Å². The number of ether oxygens (including phenoxy) is 1. The second kappa shape index (κ2) is 7.23. The summed E-state index contributed by atoms with van der Waals surface area (Å²) in [5, 5.41) is 0. The summed E-state index contributed by atoms with van der Waals surface area (Å²) in [6.45, 7) is 8.29. The Morgan fingerprint density at radius 3 is 2.81 bits per heavy atom. The van der Waals surface area contributed by atoms with Gasteiger partial charge in [0.15, 0.2) is 0 Å². The van der Waals surface area contributed by atoms with Crippen molar-refractivity contribution in [2.24, 2.45) is 0 Å². The van der Waals surface area contributed by atoms with Gasteiger partial charge in [-0.25, -0.2) is 4.98 Å². The van der Waals surface area contributed by atoms with Crippen LogP contribution >= 0.6 is 0 Å². The smallest absolute Gasteiger partial charge is 0.128 e. The minimum Gasteiger partial charge on any atom is -0.378 e. The molecule has 2 aliphatic heterocycles. The molecule has 0 bridgehead atoms. The van der Waals surface area contributed by atoms with Crippen molar-refractivity contribution in [1.82, 2.24) is 9.88 Å². The van der Waals surface area contributed by atoms with E-state index < -0.39 is 0 Å². The SMILES string of the molecule is CCCCN1CCC[C@H]1c1ccc(N2CCOCC2)nc1. The maximum Gasteiger partial charge on any atom is 0.128 e. The van der Waals surface area contributed by atoms with Gasteiger partial charge in [0.25, 0.3) is 0 Å². The molecule has 2 fully saturated rings. The zero-order chi connectivity index (χ0) is 14.5. The molecule has 1 atom stereocenters. The summed E-state index contributed by atoms with van der Waals surface area (Å²) in [7, 11) is 0. The van der Waals surface area contributed by atoms with Crippen molar-refractivity contribution in [1.29, 1.82) is 0 Å². The number of rotatable bonds is 5. The Labute approximate surface area is 128 Å². The van der Waals surface area contributed by atoms with Crippen LogP contribution in [0.3, 0.4) is 0 Å². The summed E-state index contributed by atoms with van der Waals surface area (Å²) < 4.78 is 5.40. The number of aromatic nitrogens is 1. The topological polar surface area (TPSA) is 28.6 Å². The highest BCUT2D eigenvalue weighted by Gasteiger charge is 2.25. The standard InChI is InChI=1S/C17H27N3O/c1-2-3-8-19-9-4-5-16(19)15-6-7-17(18-14-15)20-10-12-21-13-11-20/h6-7,14,16H,2-5,8-13H2,1H3/t16-/m0/s1. The first kappa shape index (κ1) is 14.8. The second-order valence-electron chi connectivity index (χ2n) is 6.10. The molecule has 116 valence electrons. The quantitative estimate of drug-likeness (QED) is 0.833. The van der Waals surface area contributed by atoms with Crippen molar-refractivity contribution in [3.8, 4) is 0 Å². The molecule has 4 nitrogen and oxygen atoms in total. The molecule has 4 heteroatoms. The van der Waals surface area contributed by atoms with Gasteiger partial charge in [0, 0.05) is 25.3 Å². The van der Waals surface area contributed by atoms with Gasteiger partial charge in [-0.15, -0.1) is 0 Å². The number of nitrogens with zero attached hydrogens (tertiary/aromatic N) is 3. The average molecular weight is 289 g/mol. The molecule has 0 amide bonds. The van der Waals surface area contributed by atoms with E-state index in [4.69, 9.17) is 9.72 Å². The first-order valence-electron chi connectivity index (χ1n) is 8.41. The van der Waals surface area contributed by atoms with Gasteiger partial charge in [-0.1, -0.05) is 19.4 Å². The lowest BCUT2D eigenvalue weighted by Gasteiger charge is -2.28. The molecule has 0 unspecified atom stereocenters. The fraction of sp³-hybridized carbons (Fsp3) is 0.706. The minimum absolute atomic E-state index is 0.586. The highest BCUT2D eigenvalue weighted by atomic mass is 16.5. The molecule has 1 aromatic rings. The molecule has 0 aromatic carbocycles. The molecule has 0 spiro atoms. The number of unbranched alkanes of at least 4 members (excludes halogenated alkanes) is 1. The Bertz CT molecular complexity index is 428. The Kier molecular flexibility index (Phi) is 5.09. The maximum atomic E-state index is 5.40. The third-order valence-corrected chi connectivity index (χ3v) is 4.65. The van der Waals surface area contributed by atoms with Gasteiger partial charge in [0.2, 0.25) is 0 Å². The van der Waals surface area contributed by atoms with Gasteiger partial charge in [-0.2, -0.15) is 0 Å². The van der Waals surface area contributed by atoms with E-state index in [1.807, 2.05) is 0 Å². The average Bonchev–Trinajstić information content (AvgIpc) is 3.02. The molecular weight excluding hydrogens is 262 g/mol. The van der Waals surface area contributed by atoms with Crippen LogP contribution in [-0.4, -0.2) is 49.3 Å². The Balaban J connectivity index is 1.65. The summed E-state index contributed by atoms with van der Waals surface area (Å²) in [6.07, 6.45) is 7.27. The Morgan fingerprint density at radius 2 is 2.10 bits per heavy atom. The largest absolute Gasteiger partial charge is 0.378 e. The van der Waals surface area contributed by atoms with E-state index in [2.05, 4.69) is 35.1 Å². The number of pyridine rings is 1. The van der Waals surface area contributed by atoms with E-state index in [1.54, 1.807) is 0 Å². The van der Waals surface area contributed by atoms with E-state index in [0.29, 0.717) is 6.04 Å². The van der Waals surface area contributed by atoms with Crippen LogP contribution in [-0.2, 0) is 4.74 Å². The highest BCUT2D eigenvalue weighted by molar-refractivity contribution is 5.40. The number of morpholine rings is 1. The monoisotopic (exact) mass is 289 g/mol. The van der Waals surface area contributed by atoms with Crippen LogP contribution < -0.4 is 4.90 Å². The second-order valence-corrected chi connectivity index (χ2v) is 6.10. The van der Waals surface area contributed by atoms with Crippen LogP contribution in [0.1, 0.15) is 44.2 Å². The third kappa shape index (κ3) is 3.55. The van der Waals surface area contributed by atoms with Crippen molar-refractivity contribution in [3.63, 3.8) is 0 Å². The first-order chi connectivity index (χ1) is 10.4. The van der Waals surface area contributed by atoms with E-state index in [1.165, 1.54) is 44.3 Å². The lowest BCUT2D eigenvalue weighted by Crippen LogP contribution is -2.36. The molecule has 3 rings (SSSR count). The van der Waals surface area contributed by atoms with Crippen LogP contribution in [0.25, 0.3) is 0 Å². The van der Waals surface area contributed by atoms with Crippen LogP contribution in [0.2, 0.25) is 0 Å². The van der Waals surface area contributed by atoms with Gasteiger partial charge < -0.3 is 9.64 Å². The molecule has 0 saturated carbocycles. The van der Waals surface area contributed by atoms with E-state index in [9.17, 15) is 0 Å². The molecule has 0 radical (unpaired) electrons. The van der Waals surface area contributed by atoms with E-state index >= 15 is 0 Å². The van der Waals surface area contributed by atoms with Gasteiger partial charge >= 0.3 is 0 Å². The number of hydrogen-bond donors (Lipinski definition) is 0. The lowest BCUT2D eigenvalue weighted by atomic mass is 10.1. The molecule has 0 aliphatic carbocycles. The Hall–Kier alpha value is -1.13. The first-order valence-corrected chi connectivity index (χ1v) is 8.41. The van der Waals surface area contributed by atoms with E-state index in [-0.39, 0.29) is 0 Å². The molecule has 2 aliphatic rings. The predicted molar refractivity (Wildman–Crippen MR) is 85.7 cm³/mol. The van der Waals surface area contributed by atoms with Gasteiger partial charge in [0.1, 0.15) is 5.82 Å². The maximum absolute atomic E-state index is 5.40. The van der Waals surface area contributed by atoms with Gasteiger partial charge in [-0.05, 0) is 44.0 Å². The summed E-state index contributed by atoms with van der Waals surface area (Å²) in [5.41, 5.74) is 1.39. The van der Waals surface area contributed by atoms with Gasteiger partial charge in [-0.3, -0.25) is 4.90 Å². The van der Waals surface area contributed by atoms with Crippen molar-refractivity contribution >= 4 is 5.82 Å². The van der Waals surface area contributed by atoms with Crippen LogP contribution in [0.5, 0.6) is 0 Å². The number of hydrogen-bond acceptors (Lipinski definition) is 4. The summed E-state index contributed by atoms with van der Waals surface area (Å²) in [4.78, 5) is 9.66. The Morgan fingerprint density at radius 1 is 1.24 bits per heavy atom. The molecule has 2 saturated heterocycles. The van der Waals surface area contributed by atoms with Crippen LogP contribution in [0, 0.1) is 0 Å². The lowest BCUT2D eigenvalue weighted by molar-refractivity contribution is 0.122. The summed E-state index contributed by atoms with van der Waals surface area (Å²) in [5.74, 6) is 1.10. The molecular formula is C17H27N3O. The fourth-order valence-corrected chi connectivity index (χ4v) is 3.41. The van der Waals surface area contributed by atoms with Crippen molar-refractivity contribution < 1.29 is 4.74 Å². The predicted octanol–water partition coefficient (Wildman–Crippen LogP) is 2.86. The van der Waals surface area contributed by atoms with Crippen LogP contribution in [0.4, 0.5) is 5.82 Å². The van der Waals surface area contributed by atoms with Crippen LogP contribution in [0.15, 0.2) is 18.3 Å². The van der Waals surface area contributed by atoms with Gasteiger partial charge in [0.05, 0.1) is 13.2 Å². The fourth-order valence-electron chi connectivity index (χ4n) is 3.41. The van der Waals surface area contributed by atoms with Crippen molar-refractivity contribution in [2.45, 2.75) is 38.6 Å². The zero-order valence-electron chi connectivity index (χ0n) is 13.1. The molecule has 3 heterocycles. The van der Waals surface area contributed by atoms with E-state index in [0.717, 1.165) is 32.1 Å². The molecule has 0 N–H and O–H groups in total. The third-order valence-electron chi connectivity index (χ3n) is 4.65. The minimum atomic E-state index is 0.586. The number of likely N-dealkylation sites (tertiary alicyclic amines) is 1.